The third-order valence-electron chi connectivity index (χ3n) is 3.40. The Morgan fingerprint density at radius 2 is 2.15 bits per heavy atom. The predicted octanol–water partition coefficient (Wildman–Crippen LogP) is 1.87. The number of rotatable bonds is 7. The molecule has 0 aromatic carbocycles. The van der Waals surface area contributed by atoms with E-state index in [1.54, 1.807) is 11.3 Å². The molecule has 1 rings (SSSR count). The van der Waals surface area contributed by atoms with Gasteiger partial charge in [-0.05, 0) is 26.2 Å². The van der Waals surface area contributed by atoms with Gasteiger partial charge in [0.1, 0.15) is 0 Å². The quantitative estimate of drug-likeness (QED) is 0.719. The zero-order valence-corrected chi connectivity index (χ0v) is 13.5. The van der Waals surface area contributed by atoms with E-state index in [1.165, 1.54) is 4.88 Å². The van der Waals surface area contributed by atoms with Gasteiger partial charge in [-0.25, -0.2) is 9.78 Å². The fourth-order valence-electron chi connectivity index (χ4n) is 1.76. The zero-order valence-electron chi connectivity index (χ0n) is 12.7. The minimum absolute atomic E-state index is 0.0474. The second-order valence-corrected chi connectivity index (χ2v) is 6.35. The second-order valence-electron chi connectivity index (χ2n) is 5.06. The number of aromatic nitrogens is 1. The van der Waals surface area contributed by atoms with Crippen molar-refractivity contribution in [1.82, 2.24) is 15.6 Å². The minimum atomic E-state index is -0.193. The number of carbonyl (C=O) groups is 1. The molecule has 2 unspecified atom stereocenters. The molecular weight excluding hydrogens is 274 g/mol. The summed E-state index contributed by atoms with van der Waals surface area (Å²) in [6, 6.07) is -0.240. The number of nitrogens with one attached hydrogen (secondary N) is 2. The molecule has 0 bridgehead atoms. The smallest absolute Gasteiger partial charge is 0.315 e. The SMILES string of the molecule is CCc1nc(CCNC(=O)NC(C)C(C)CO)sc1C. The van der Waals surface area contributed by atoms with Crippen molar-refractivity contribution < 1.29 is 9.90 Å². The van der Waals surface area contributed by atoms with E-state index in [9.17, 15) is 4.79 Å². The number of amides is 2. The van der Waals surface area contributed by atoms with Gasteiger partial charge in [0, 0.05) is 30.5 Å². The lowest BCUT2D eigenvalue weighted by Gasteiger charge is -2.19. The van der Waals surface area contributed by atoms with Crippen molar-refractivity contribution in [3.63, 3.8) is 0 Å². The van der Waals surface area contributed by atoms with Gasteiger partial charge in [-0.1, -0.05) is 13.8 Å². The maximum atomic E-state index is 11.7. The van der Waals surface area contributed by atoms with E-state index < -0.39 is 0 Å². The van der Waals surface area contributed by atoms with Crippen LogP contribution in [0.2, 0.25) is 0 Å². The average Bonchev–Trinajstić information content (AvgIpc) is 2.77. The van der Waals surface area contributed by atoms with Gasteiger partial charge in [-0.2, -0.15) is 0 Å². The van der Waals surface area contributed by atoms with Gasteiger partial charge >= 0.3 is 6.03 Å². The maximum absolute atomic E-state index is 11.7. The molecule has 0 aliphatic rings. The molecule has 6 heteroatoms. The van der Waals surface area contributed by atoms with Crippen LogP contribution in [0, 0.1) is 12.8 Å². The lowest BCUT2D eigenvalue weighted by molar-refractivity contribution is 0.200. The minimum Gasteiger partial charge on any atom is -0.396 e. The van der Waals surface area contributed by atoms with Crippen molar-refractivity contribution in [2.75, 3.05) is 13.2 Å². The summed E-state index contributed by atoms with van der Waals surface area (Å²) in [7, 11) is 0. The number of urea groups is 1. The van der Waals surface area contributed by atoms with Gasteiger partial charge in [-0.15, -0.1) is 11.3 Å². The molecule has 5 nitrogen and oxygen atoms in total. The summed E-state index contributed by atoms with van der Waals surface area (Å²) >= 11 is 1.70. The first-order valence-corrected chi connectivity index (χ1v) is 7.90. The van der Waals surface area contributed by atoms with Gasteiger partial charge in [-0.3, -0.25) is 0 Å². The van der Waals surface area contributed by atoms with Crippen LogP contribution in [0.25, 0.3) is 0 Å². The number of aliphatic hydroxyl groups excluding tert-OH is 1. The van der Waals surface area contributed by atoms with Gasteiger partial charge in [0.25, 0.3) is 0 Å². The summed E-state index contributed by atoms with van der Waals surface area (Å²) in [5.74, 6) is 0.0504. The molecule has 1 aromatic heterocycles. The zero-order chi connectivity index (χ0) is 15.1. The van der Waals surface area contributed by atoms with Crippen LogP contribution in [0.5, 0.6) is 0 Å². The standard InChI is InChI=1S/C14H25N3O2S/c1-5-12-11(4)20-13(17-12)6-7-15-14(19)16-10(3)9(2)8-18/h9-10,18H,5-8H2,1-4H3,(H2,15,16,19). The molecule has 3 N–H and O–H groups in total. The van der Waals surface area contributed by atoms with Crippen molar-refractivity contribution >= 4 is 17.4 Å². The van der Waals surface area contributed by atoms with Crippen LogP contribution in [0.1, 0.15) is 36.3 Å². The summed E-state index contributed by atoms with van der Waals surface area (Å²) in [4.78, 5) is 17.5. The Bertz CT molecular complexity index is 434. The highest BCUT2D eigenvalue weighted by Crippen LogP contribution is 2.17. The molecule has 2 atom stereocenters. The summed E-state index contributed by atoms with van der Waals surface area (Å²) in [6.45, 7) is 8.61. The number of thiazole rings is 1. The van der Waals surface area contributed by atoms with Crippen LogP contribution in [0.15, 0.2) is 0 Å². The van der Waals surface area contributed by atoms with Gasteiger partial charge in [0.15, 0.2) is 0 Å². The topological polar surface area (TPSA) is 74.2 Å². The first-order chi connectivity index (χ1) is 9.47. The highest BCUT2D eigenvalue weighted by molar-refractivity contribution is 7.11. The van der Waals surface area contributed by atoms with E-state index in [2.05, 4.69) is 29.5 Å². The first kappa shape index (κ1) is 16.9. The molecule has 0 saturated carbocycles. The van der Waals surface area contributed by atoms with Crippen molar-refractivity contribution in [3.8, 4) is 0 Å². The average molecular weight is 299 g/mol. The van der Waals surface area contributed by atoms with Crippen molar-refractivity contribution in [3.05, 3.63) is 15.6 Å². The molecule has 2 amide bonds. The van der Waals surface area contributed by atoms with E-state index >= 15 is 0 Å². The molecule has 20 heavy (non-hydrogen) atoms. The molecule has 1 aromatic rings. The van der Waals surface area contributed by atoms with E-state index in [0.717, 1.165) is 23.5 Å². The summed E-state index contributed by atoms with van der Waals surface area (Å²) in [5, 5.41) is 15.7. The largest absolute Gasteiger partial charge is 0.396 e. The maximum Gasteiger partial charge on any atom is 0.315 e. The Balaban J connectivity index is 2.31. The monoisotopic (exact) mass is 299 g/mol. The number of aliphatic hydroxyl groups is 1. The summed E-state index contributed by atoms with van der Waals surface area (Å²) in [6.07, 6.45) is 1.70. The Labute approximate surface area is 124 Å². The number of hydrogen-bond acceptors (Lipinski definition) is 4. The third kappa shape index (κ3) is 5.09. The van der Waals surface area contributed by atoms with Gasteiger partial charge in [0.2, 0.25) is 0 Å². The highest BCUT2D eigenvalue weighted by atomic mass is 32.1. The van der Waals surface area contributed by atoms with Crippen molar-refractivity contribution in [2.45, 2.75) is 46.6 Å². The fourth-order valence-corrected chi connectivity index (χ4v) is 2.78. The van der Waals surface area contributed by atoms with E-state index in [4.69, 9.17) is 5.11 Å². The third-order valence-corrected chi connectivity index (χ3v) is 4.47. The van der Waals surface area contributed by atoms with Crippen LogP contribution in [-0.2, 0) is 12.8 Å². The Kier molecular flexibility index (Phi) is 6.95. The molecular formula is C14H25N3O2S. The molecule has 0 radical (unpaired) electrons. The Hall–Kier alpha value is -1.14. The van der Waals surface area contributed by atoms with Crippen molar-refractivity contribution in [1.29, 1.82) is 0 Å². The Morgan fingerprint density at radius 1 is 1.45 bits per heavy atom. The first-order valence-electron chi connectivity index (χ1n) is 7.08. The Morgan fingerprint density at radius 3 is 2.70 bits per heavy atom. The summed E-state index contributed by atoms with van der Waals surface area (Å²) < 4.78 is 0. The van der Waals surface area contributed by atoms with E-state index in [0.29, 0.717) is 6.54 Å². The molecule has 0 spiro atoms. The number of nitrogens with zero attached hydrogens (tertiary/aromatic N) is 1. The molecule has 0 aliphatic carbocycles. The van der Waals surface area contributed by atoms with Gasteiger partial charge in [0.05, 0.1) is 10.7 Å². The number of carbonyl (C=O) groups excluding carboxylic acids is 1. The molecule has 0 saturated heterocycles. The van der Waals surface area contributed by atoms with Gasteiger partial charge < -0.3 is 15.7 Å². The van der Waals surface area contributed by atoms with Crippen LogP contribution in [0.4, 0.5) is 4.79 Å². The lowest BCUT2D eigenvalue weighted by atomic mass is 10.1. The number of hydrogen-bond donors (Lipinski definition) is 3. The normalized spacial score (nSPS) is 13.8. The van der Waals surface area contributed by atoms with E-state index in [1.807, 2.05) is 13.8 Å². The predicted molar refractivity (Wildman–Crippen MR) is 82.2 cm³/mol. The molecule has 0 fully saturated rings. The highest BCUT2D eigenvalue weighted by Gasteiger charge is 2.13. The van der Waals surface area contributed by atoms with Crippen molar-refractivity contribution in [2.24, 2.45) is 5.92 Å². The van der Waals surface area contributed by atoms with Crippen LogP contribution < -0.4 is 10.6 Å². The van der Waals surface area contributed by atoms with Crippen LogP contribution >= 0.6 is 11.3 Å². The van der Waals surface area contributed by atoms with Crippen LogP contribution in [-0.4, -0.2) is 35.3 Å². The van der Waals surface area contributed by atoms with Crippen LogP contribution in [0.3, 0.4) is 0 Å². The molecule has 114 valence electrons. The second kappa shape index (κ2) is 8.21. The number of aryl methyl sites for hydroxylation is 2. The fraction of sp³-hybridized carbons (Fsp3) is 0.714. The molecule has 0 aliphatic heterocycles. The lowest BCUT2D eigenvalue weighted by Crippen LogP contribution is -2.44. The van der Waals surface area contributed by atoms with E-state index in [-0.39, 0.29) is 24.6 Å². The molecule has 1 heterocycles. The summed E-state index contributed by atoms with van der Waals surface area (Å²) in [5.41, 5.74) is 1.15.